The second-order valence-corrected chi connectivity index (χ2v) is 6.69. The van der Waals surface area contributed by atoms with Crippen LogP contribution in [0.3, 0.4) is 0 Å². The first-order valence-electron chi connectivity index (χ1n) is 8.25. The van der Waals surface area contributed by atoms with Crippen molar-refractivity contribution >= 4 is 5.91 Å². The quantitative estimate of drug-likeness (QED) is 0.883. The first-order valence-corrected chi connectivity index (χ1v) is 8.25. The summed E-state index contributed by atoms with van der Waals surface area (Å²) in [7, 11) is 0. The zero-order valence-corrected chi connectivity index (χ0v) is 12.9. The molecule has 6 heteroatoms. The van der Waals surface area contributed by atoms with Crippen molar-refractivity contribution in [2.24, 2.45) is 5.92 Å². The third kappa shape index (κ3) is 3.17. The molecule has 122 valence electrons. The molecule has 2 aromatic rings. The van der Waals surface area contributed by atoms with Crippen molar-refractivity contribution in [1.29, 1.82) is 0 Å². The van der Waals surface area contributed by atoms with Crippen LogP contribution >= 0.6 is 0 Å². The van der Waals surface area contributed by atoms with E-state index >= 15 is 0 Å². The lowest BCUT2D eigenvalue weighted by molar-refractivity contribution is 0.0844. The van der Waals surface area contributed by atoms with Gasteiger partial charge in [-0.15, -0.1) is 0 Å². The Morgan fingerprint density at radius 1 is 1.39 bits per heavy atom. The van der Waals surface area contributed by atoms with Gasteiger partial charge in [0, 0.05) is 24.9 Å². The van der Waals surface area contributed by atoms with Crippen molar-refractivity contribution in [2.45, 2.75) is 50.3 Å². The van der Waals surface area contributed by atoms with E-state index in [1.165, 1.54) is 0 Å². The molecule has 23 heavy (non-hydrogen) atoms. The van der Waals surface area contributed by atoms with Gasteiger partial charge in [0.05, 0.1) is 12.1 Å². The standard InChI is InChI=1S/C17H21N3O3/c21-14-9-11(10-20-7-1-6-18-20)8-13(14)19-17(22)16-5-4-15(23-16)12-2-3-12/h1,4-7,11-14,21H,2-3,8-10H2,(H,19,22)/t11?,13-,14-/m1/s1. The number of nitrogens with one attached hydrogen (secondary N) is 1. The number of rotatable bonds is 5. The molecule has 1 unspecified atom stereocenters. The Hall–Kier alpha value is -2.08. The highest BCUT2D eigenvalue weighted by Crippen LogP contribution is 2.40. The Balaban J connectivity index is 1.35. The van der Waals surface area contributed by atoms with Gasteiger partial charge in [-0.1, -0.05) is 0 Å². The molecule has 2 aliphatic rings. The predicted molar refractivity (Wildman–Crippen MR) is 82.9 cm³/mol. The highest BCUT2D eigenvalue weighted by molar-refractivity contribution is 5.91. The summed E-state index contributed by atoms with van der Waals surface area (Å²) in [5.74, 6) is 1.81. The fourth-order valence-electron chi connectivity index (χ4n) is 3.40. The molecule has 2 aromatic heterocycles. The number of furan rings is 1. The lowest BCUT2D eigenvalue weighted by Crippen LogP contribution is -2.39. The third-order valence-corrected chi connectivity index (χ3v) is 4.78. The van der Waals surface area contributed by atoms with Crippen LogP contribution in [0.4, 0.5) is 0 Å². The molecule has 6 nitrogen and oxygen atoms in total. The van der Waals surface area contributed by atoms with Crippen molar-refractivity contribution in [3.8, 4) is 0 Å². The summed E-state index contributed by atoms with van der Waals surface area (Å²) in [5.41, 5.74) is 0. The molecule has 2 heterocycles. The number of aliphatic hydroxyl groups is 1. The van der Waals surface area contributed by atoms with Gasteiger partial charge in [-0.3, -0.25) is 9.48 Å². The van der Waals surface area contributed by atoms with Gasteiger partial charge in [0.2, 0.25) is 0 Å². The van der Waals surface area contributed by atoms with E-state index in [2.05, 4.69) is 10.4 Å². The zero-order valence-electron chi connectivity index (χ0n) is 12.9. The van der Waals surface area contributed by atoms with E-state index in [0.29, 0.717) is 24.0 Å². The van der Waals surface area contributed by atoms with E-state index in [1.807, 2.05) is 23.0 Å². The highest BCUT2D eigenvalue weighted by atomic mass is 16.4. The van der Waals surface area contributed by atoms with Crippen molar-refractivity contribution in [3.63, 3.8) is 0 Å². The Morgan fingerprint density at radius 3 is 3.00 bits per heavy atom. The van der Waals surface area contributed by atoms with Crippen LogP contribution in [0.15, 0.2) is 35.0 Å². The first kappa shape index (κ1) is 14.5. The second-order valence-electron chi connectivity index (χ2n) is 6.69. The number of carbonyl (C=O) groups excluding carboxylic acids is 1. The minimum Gasteiger partial charge on any atom is -0.456 e. The number of carbonyl (C=O) groups is 1. The molecule has 4 rings (SSSR count). The van der Waals surface area contributed by atoms with Crippen LogP contribution in [0.1, 0.15) is 47.9 Å². The molecule has 1 amide bonds. The van der Waals surface area contributed by atoms with Gasteiger partial charge in [0.25, 0.3) is 5.91 Å². The molecule has 0 aliphatic heterocycles. The lowest BCUT2D eigenvalue weighted by Gasteiger charge is -2.15. The zero-order chi connectivity index (χ0) is 15.8. The Labute approximate surface area is 134 Å². The van der Waals surface area contributed by atoms with E-state index < -0.39 is 6.10 Å². The SMILES string of the molecule is O=C(N[C@@H]1CC(Cn2cccn2)C[C@H]1O)c1ccc(C2CC2)o1. The normalized spacial score (nSPS) is 27.3. The molecule has 0 saturated heterocycles. The lowest BCUT2D eigenvalue weighted by atomic mass is 10.1. The summed E-state index contributed by atoms with van der Waals surface area (Å²) in [4.78, 5) is 12.3. The first-order chi connectivity index (χ1) is 11.2. The molecular formula is C17H21N3O3. The fourth-order valence-corrected chi connectivity index (χ4v) is 3.40. The molecule has 2 N–H and O–H groups in total. The van der Waals surface area contributed by atoms with Crippen LogP contribution in [0.5, 0.6) is 0 Å². The summed E-state index contributed by atoms with van der Waals surface area (Å²) >= 11 is 0. The van der Waals surface area contributed by atoms with Crippen molar-refractivity contribution < 1.29 is 14.3 Å². The Bertz CT molecular complexity index is 675. The summed E-state index contributed by atoms with van der Waals surface area (Å²) in [6, 6.07) is 5.28. The Morgan fingerprint density at radius 2 is 2.26 bits per heavy atom. The van der Waals surface area contributed by atoms with Gasteiger partial charge < -0.3 is 14.8 Å². The van der Waals surface area contributed by atoms with Crippen molar-refractivity contribution in [1.82, 2.24) is 15.1 Å². The van der Waals surface area contributed by atoms with Gasteiger partial charge in [0.1, 0.15) is 5.76 Å². The number of hydrogen-bond acceptors (Lipinski definition) is 4. The van der Waals surface area contributed by atoms with Crippen molar-refractivity contribution in [2.75, 3.05) is 0 Å². The Kier molecular flexibility index (Phi) is 3.69. The van der Waals surface area contributed by atoms with E-state index in [1.54, 1.807) is 12.3 Å². The van der Waals surface area contributed by atoms with Crippen LogP contribution in [-0.4, -0.2) is 32.9 Å². The number of nitrogens with zero attached hydrogens (tertiary/aromatic N) is 2. The third-order valence-electron chi connectivity index (χ3n) is 4.78. The summed E-state index contributed by atoms with van der Waals surface area (Å²) in [6.45, 7) is 0.767. The van der Waals surface area contributed by atoms with Gasteiger partial charge in [-0.05, 0) is 49.8 Å². The van der Waals surface area contributed by atoms with Crippen LogP contribution in [-0.2, 0) is 6.54 Å². The van der Waals surface area contributed by atoms with Crippen LogP contribution in [0.2, 0.25) is 0 Å². The topological polar surface area (TPSA) is 80.3 Å². The van der Waals surface area contributed by atoms with Crippen LogP contribution in [0, 0.1) is 5.92 Å². The average molecular weight is 315 g/mol. The molecular weight excluding hydrogens is 294 g/mol. The van der Waals surface area contributed by atoms with E-state index in [-0.39, 0.29) is 11.9 Å². The monoisotopic (exact) mass is 315 g/mol. The maximum absolute atomic E-state index is 12.3. The summed E-state index contributed by atoms with van der Waals surface area (Å²) in [5, 5.41) is 17.3. The minimum absolute atomic E-state index is 0.225. The van der Waals surface area contributed by atoms with Gasteiger partial charge in [-0.2, -0.15) is 5.10 Å². The van der Waals surface area contributed by atoms with Gasteiger partial charge in [-0.25, -0.2) is 0 Å². The molecule has 2 fully saturated rings. The number of aliphatic hydroxyl groups excluding tert-OH is 1. The molecule has 0 aromatic carbocycles. The van der Waals surface area contributed by atoms with E-state index in [9.17, 15) is 9.90 Å². The van der Waals surface area contributed by atoms with Crippen molar-refractivity contribution in [3.05, 3.63) is 42.1 Å². The largest absolute Gasteiger partial charge is 0.456 e. The van der Waals surface area contributed by atoms with Gasteiger partial charge in [0.15, 0.2) is 5.76 Å². The van der Waals surface area contributed by atoms with Gasteiger partial charge >= 0.3 is 0 Å². The number of aromatic nitrogens is 2. The summed E-state index contributed by atoms with van der Waals surface area (Å²) < 4.78 is 7.49. The summed E-state index contributed by atoms with van der Waals surface area (Å²) in [6.07, 6.45) is 6.87. The maximum atomic E-state index is 12.3. The molecule has 0 spiro atoms. The highest BCUT2D eigenvalue weighted by Gasteiger charge is 2.35. The maximum Gasteiger partial charge on any atom is 0.287 e. The minimum atomic E-state index is -0.516. The van der Waals surface area contributed by atoms with E-state index in [0.717, 1.165) is 31.6 Å². The number of amides is 1. The predicted octanol–water partition coefficient (Wildman–Crippen LogP) is 1.92. The smallest absolute Gasteiger partial charge is 0.287 e. The second kappa shape index (κ2) is 5.85. The number of hydrogen-bond donors (Lipinski definition) is 2. The fraction of sp³-hybridized carbons (Fsp3) is 0.529. The molecule has 3 atom stereocenters. The molecule has 0 bridgehead atoms. The van der Waals surface area contributed by atoms with E-state index in [4.69, 9.17) is 4.42 Å². The van der Waals surface area contributed by atoms with Crippen LogP contribution < -0.4 is 5.32 Å². The molecule has 2 saturated carbocycles. The molecule has 0 radical (unpaired) electrons. The molecule has 2 aliphatic carbocycles. The van der Waals surface area contributed by atoms with Crippen LogP contribution in [0.25, 0.3) is 0 Å². The average Bonchev–Trinajstić information content (AvgIpc) is 2.94.